The summed E-state index contributed by atoms with van der Waals surface area (Å²) >= 11 is 0. The van der Waals surface area contributed by atoms with Crippen LogP contribution >= 0.6 is 12.4 Å². The zero-order valence-corrected chi connectivity index (χ0v) is 15.3. The van der Waals surface area contributed by atoms with Gasteiger partial charge in [0.05, 0.1) is 5.69 Å². The summed E-state index contributed by atoms with van der Waals surface area (Å²) in [4.78, 5) is 4.74. The lowest BCUT2D eigenvalue weighted by molar-refractivity contribution is 0.594. The molecular formula is C23H18ClFN2. The van der Waals surface area contributed by atoms with Gasteiger partial charge in [0.2, 0.25) is 0 Å². The van der Waals surface area contributed by atoms with E-state index in [4.69, 9.17) is 10.7 Å². The largest absolute Gasteiger partial charge is 0.383 e. The van der Waals surface area contributed by atoms with Crippen molar-refractivity contribution in [3.63, 3.8) is 0 Å². The lowest BCUT2D eigenvalue weighted by Crippen LogP contribution is -2.16. The normalized spacial score (nSPS) is 14.9. The van der Waals surface area contributed by atoms with Crippen molar-refractivity contribution in [1.29, 1.82) is 0 Å². The van der Waals surface area contributed by atoms with Crippen LogP contribution in [0.25, 0.3) is 22.0 Å². The van der Waals surface area contributed by atoms with E-state index in [0.29, 0.717) is 11.4 Å². The van der Waals surface area contributed by atoms with Crippen LogP contribution in [0.5, 0.6) is 0 Å². The lowest BCUT2D eigenvalue weighted by Gasteiger charge is -2.29. The van der Waals surface area contributed by atoms with E-state index in [1.165, 1.54) is 11.6 Å². The van der Waals surface area contributed by atoms with E-state index in [2.05, 4.69) is 18.2 Å². The molecule has 2 nitrogen and oxygen atoms in total. The topological polar surface area (TPSA) is 38.9 Å². The third-order valence-corrected chi connectivity index (χ3v) is 5.31. The van der Waals surface area contributed by atoms with Gasteiger partial charge in [0, 0.05) is 16.9 Å². The third-order valence-electron chi connectivity index (χ3n) is 5.31. The highest BCUT2D eigenvalue weighted by Crippen LogP contribution is 2.46. The molecule has 0 fully saturated rings. The van der Waals surface area contributed by atoms with E-state index in [-0.39, 0.29) is 24.1 Å². The molecule has 1 unspecified atom stereocenters. The van der Waals surface area contributed by atoms with Gasteiger partial charge in [0.15, 0.2) is 0 Å². The molecule has 0 amide bonds. The number of halogens is 2. The van der Waals surface area contributed by atoms with E-state index in [0.717, 1.165) is 34.0 Å². The molecule has 1 aliphatic rings. The lowest BCUT2D eigenvalue weighted by atomic mass is 9.76. The minimum Gasteiger partial charge on any atom is -0.383 e. The molecule has 0 radical (unpaired) electrons. The number of hydrogen-bond donors (Lipinski definition) is 1. The van der Waals surface area contributed by atoms with Gasteiger partial charge in [0.1, 0.15) is 11.6 Å². The number of fused-ring (bicyclic) bond motifs is 5. The van der Waals surface area contributed by atoms with E-state index < -0.39 is 0 Å². The van der Waals surface area contributed by atoms with Crippen molar-refractivity contribution >= 4 is 29.0 Å². The van der Waals surface area contributed by atoms with Crippen LogP contribution in [0.1, 0.15) is 22.6 Å². The van der Waals surface area contributed by atoms with E-state index in [1.54, 1.807) is 6.07 Å². The second kappa shape index (κ2) is 6.67. The molecule has 0 bridgehead atoms. The van der Waals surface area contributed by atoms with Crippen molar-refractivity contribution in [1.82, 2.24) is 4.98 Å². The summed E-state index contributed by atoms with van der Waals surface area (Å²) in [6.45, 7) is 0. The van der Waals surface area contributed by atoms with Gasteiger partial charge in [-0.15, -0.1) is 12.4 Å². The van der Waals surface area contributed by atoms with Crippen molar-refractivity contribution < 1.29 is 4.39 Å². The van der Waals surface area contributed by atoms with Gasteiger partial charge in [-0.05, 0) is 34.6 Å². The fraction of sp³-hybridized carbons (Fsp3) is 0.0870. The van der Waals surface area contributed by atoms with Gasteiger partial charge in [-0.2, -0.15) is 0 Å². The molecule has 0 saturated heterocycles. The molecule has 2 N–H and O–H groups in total. The Kier molecular flexibility index (Phi) is 4.33. The Hall–Kier alpha value is -2.91. The van der Waals surface area contributed by atoms with Crippen LogP contribution in [-0.4, -0.2) is 4.98 Å². The SMILES string of the molecule is Cl.Nc1nc2c(c3ccccc13)C(c1ccccc1F)Cc1ccccc1-2. The smallest absolute Gasteiger partial charge is 0.131 e. The molecule has 1 aliphatic carbocycles. The van der Waals surface area contributed by atoms with Crippen molar-refractivity contribution in [2.45, 2.75) is 12.3 Å². The van der Waals surface area contributed by atoms with Gasteiger partial charge in [-0.1, -0.05) is 66.7 Å². The van der Waals surface area contributed by atoms with Crippen molar-refractivity contribution in [2.75, 3.05) is 5.73 Å². The zero-order chi connectivity index (χ0) is 17.7. The molecule has 1 aromatic heterocycles. The highest BCUT2D eigenvalue weighted by atomic mass is 35.5. The molecular weight excluding hydrogens is 359 g/mol. The van der Waals surface area contributed by atoms with Gasteiger partial charge in [-0.3, -0.25) is 0 Å². The van der Waals surface area contributed by atoms with Crippen molar-refractivity contribution in [2.24, 2.45) is 0 Å². The highest BCUT2D eigenvalue weighted by Gasteiger charge is 2.30. The minimum atomic E-state index is -0.177. The summed E-state index contributed by atoms with van der Waals surface area (Å²) in [6.07, 6.45) is 0.750. The summed E-state index contributed by atoms with van der Waals surface area (Å²) in [5.41, 5.74) is 11.2. The molecule has 4 aromatic rings. The van der Waals surface area contributed by atoms with Crippen LogP contribution in [-0.2, 0) is 6.42 Å². The summed E-state index contributed by atoms with van der Waals surface area (Å²) in [6, 6.07) is 23.2. The standard InChI is InChI=1S/C23H17FN2.ClH/c24-20-12-6-5-9-16(20)19-13-14-7-1-2-8-15(14)22-21(19)17-10-3-4-11-18(17)23(25)26-22;/h1-12,19H,13H2,(H2,25,26);1H. The van der Waals surface area contributed by atoms with Crippen LogP contribution < -0.4 is 5.73 Å². The summed E-state index contributed by atoms with van der Waals surface area (Å²) in [7, 11) is 0. The first-order valence-corrected chi connectivity index (χ1v) is 8.75. The van der Waals surface area contributed by atoms with E-state index >= 15 is 0 Å². The molecule has 27 heavy (non-hydrogen) atoms. The second-order valence-corrected chi connectivity index (χ2v) is 6.74. The van der Waals surface area contributed by atoms with Crippen LogP contribution in [0.2, 0.25) is 0 Å². The Balaban J connectivity index is 0.00000180. The van der Waals surface area contributed by atoms with Crippen LogP contribution in [0.3, 0.4) is 0 Å². The second-order valence-electron chi connectivity index (χ2n) is 6.74. The molecule has 134 valence electrons. The number of pyridine rings is 1. The average Bonchev–Trinajstić information content (AvgIpc) is 2.68. The number of hydrogen-bond acceptors (Lipinski definition) is 2. The Labute approximate surface area is 163 Å². The monoisotopic (exact) mass is 376 g/mol. The molecule has 0 spiro atoms. The van der Waals surface area contributed by atoms with Gasteiger partial charge in [0.25, 0.3) is 0 Å². The summed E-state index contributed by atoms with van der Waals surface area (Å²) < 4.78 is 14.7. The van der Waals surface area contributed by atoms with Crippen LogP contribution in [0.15, 0.2) is 72.8 Å². The van der Waals surface area contributed by atoms with Crippen molar-refractivity contribution in [3.8, 4) is 11.3 Å². The Bertz CT molecular complexity index is 1160. The maximum absolute atomic E-state index is 14.7. The molecule has 0 saturated carbocycles. The number of nitrogens with zero attached hydrogens (tertiary/aromatic N) is 1. The number of aromatic nitrogens is 1. The first kappa shape index (κ1) is 17.5. The maximum atomic E-state index is 14.7. The van der Waals surface area contributed by atoms with E-state index in [1.807, 2.05) is 42.5 Å². The predicted octanol–water partition coefficient (Wildman–Crippen LogP) is 5.73. The van der Waals surface area contributed by atoms with E-state index in [9.17, 15) is 4.39 Å². The number of anilines is 1. The number of rotatable bonds is 1. The Morgan fingerprint density at radius 3 is 2.33 bits per heavy atom. The maximum Gasteiger partial charge on any atom is 0.131 e. The summed E-state index contributed by atoms with van der Waals surface area (Å²) in [5, 5.41) is 1.98. The molecule has 1 heterocycles. The highest BCUT2D eigenvalue weighted by molar-refractivity contribution is 5.98. The van der Waals surface area contributed by atoms with Gasteiger partial charge >= 0.3 is 0 Å². The Morgan fingerprint density at radius 2 is 1.52 bits per heavy atom. The molecule has 0 aliphatic heterocycles. The first-order valence-electron chi connectivity index (χ1n) is 8.75. The first-order chi connectivity index (χ1) is 12.7. The summed E-state index contributed by atoms with van der Waals surface area (Å²) in [5.74, 6) is 0.256. The fourth-order valence-electron chi connectivity index (χ4n) is 4.14. The number of benzene rings is 3. The van der Waals surface area contributed by atoms with Crippen LogP contribution in [0.4, 0.5) is 10.2 Å². The average molecular weight is 377 g/mol. The minimum absolute atomic E-state index is 0. The molecule has 3 aromatic carbocycles. The molecule has 1 atom stereocenters. The van der Waals surface area contributed by atoms with Crippen molar-refractivity contribution in [3.05, 3.63) is 95.3 Å². The third kappa shape index (κ3) is 2.66. The number of nitrogen functional groups attached to an aromatic ring is 1. The fourth-order valence-corrected chi connectivity index (χ4v) is 4.14. The quantitative estimate of drug-likeness (QED) is 0.460. The zero-order valence-electron chi connectivity index (χ0n) is 14.5. The van der Waals surface area contributed by atoms with Crippen LogP contribution in [0, 0.1) is 5.82 Å². The number of nitrogens with two attached hydrogens (primary N) is 1. The predicted molar refractivity (Wildman–Crippen MR) is 111 cm³/mol. The van der Waals surface area contributed by atoms with Gasteiger partial charge in [-0.25, -0.2) is 9.37 Å². The Morgan fingerprint density at radius 1 is 0.852 bits per heavy atom. The molecule has 5 rings (SSSR count). The molecule has 4 heteroatoms. The van der Waals surface area contributed by atoms with Gasteiger partial charge < -0.3 is 5.73 Å².